The SMILES string of the molecule is CC(CC(=O)NCCc1cccc(F)c1)C1CCNCC1. The van der Waals surface area contributed by atoms with E-state index in [1.807, 2.05) is 6.07 Å². The van der Waals surface area contributed by atoms with Gasteiger partial charge in [0.1, 0.15) is 5.82 Å². The Labute approximate surface area is 126 Å². The van der Waals surface area contributed by atoms with Crippen molar-refractivity contribution in [3.63, 3.8) is 0 Å². The summed E-state index contributed by atoms with van der Waals surface area (Å²) in [6.45, 7) is 4.87. The second-order valence-corrected chi connectivity index (χ2v) is 6.00. The quantitative estimate of drug-likeness (QED) is 0.846. The average Bonchev–Trinajstić information content (AvgIpc) is 2.48. The summed E-state index contributed by atoms with van der Waals surface area (Å²) in [6.07, 6.45) is 3.59. The topological polar surface area (TPSA) is 41.1 Å². The van der Waals surface area contributed by atoms with E-state index in [0.717, 1.165) is 31.5 Å². The van der Waals surface area contributed by atoms with E-state index in [9.17, 15) is 9.18 Å². The molecule has 0 saturated carbocycles. The lowest BCUT2D eigenvalue weighted by Gasteiger charge is -2.27. The molecule has 0 bridgehead atoms. The molecule has 1 fully saturated rings. The lowest BCUT2D eigenvalue weighted by Crippen LogP contribution is -2.34. The molecule has 1 heterocycles. The van der Waals surface area contributed by atoms with E-state index >= 15 is 0 Å². The van der Waals surface area contributed by atoms with Gasteiger partial charge >= 0.3 is 0 Å². The fraction of sp³-hybridized carbons (Fsp3) is 0.588. The first-order chi connectivity index (χ1) is 10.1. The van der Waals surface area contributed by atoms with Gasteiger partial charge in [0.05, 0.1) is 0 Å². The summed E-state index contributed by atoms with van der Waals surface area (Å²) in [6, 6.07) is 6.53. The van der Waals surface area contributed by atoms with Crippen molar-refractivity contribution >= 4 is 5.91 Å². The van der Waals surface area contributed by atoms with Crippen molar-refractivity contribution in [1.29, 1.82) is 0 Å². The van der Waals surface area contributed by atoms with Crippen LogP contribution in [-0.4, -0.2) is 25.5 Å². The monoisotopic (exact) mass is 292 g/mol. The van der Waals surface area contributed by atoms with Crippen LogP contribution < -0.4 is 10.6 Å². The molecule has 0 radical (unpaired) electrons. The standard InChI is InChI=1S/C17H25FN2O/c1-13(15-6-8-19-9-7-15)11-17(21)20-10-5-14-3-2-4-16(18)12-14/h2-4,12-13,15,19H,5-11H2,1H3,(H,20,21). The molecule has 1 aromatic rings. The van der Waals surface area contributed by atoms with Crippen molar-refractivity contribution in [3.8, 4) is 0 Å². The Kier molecular flexibility index (Phi) is 6.18. The number of halogens is 1. The fourth-order valence-corrected chi connectivity index (χ4v) is 2.98. The molecular weight excluding hydrogens is 267 g/mol. The molecule has 0 spiro atoms. The number of carbonyl (C=O) groups excluding carboxylic acids is 1. The predicted molar refractivity (Wildman–Crippen MR) is 82.5 cm³/mol. The zero-order chi connectivity index (χ0) is 15.1. The maximum atomic E-state index is 13.0. The van der Waals surface area contributed by atoms with Gasteiger partial charge in [-0.2, -0.15) is 0 Å². The van der Waals surface area contributed by atoms with Crippen LogP contribution in [0.25, 0.3) is 0 Å². The highest BCUT2D eigenvalue weighted by atomic mass is 19.1. The van der Waals surface area contributed by atoms with Gasteiger partial charge in [0, 0.05) is 13.0 Å². The van der Waals surface area contributed by atoms with Gasteiger partial charge in [0.15, 0.2) is 0 Å². The number of piperidine rings is 1. The first-order valence-electron chi connectivity index (χ1n) is 7.87. The Morgan fingerprint density at radius 2 is 2.19 bits per heavy atom. The summed E-state index contributed by atoms with van der Waals surface area (Å²) in [5.74, 6) is 0.970. The first kappa shape index (κ1) is 16.0. The van der Waals surface area contributed by atoms with Gasteiger partial charge in [-0.05, 0) is 61.9 Å². The van der Waals surface area contributed by atoms with Crippen molar-refractivity contribution in [2.45, 2.75) is 32.6 Å². The van der Waals surface area contributed by atoms with Crippen molar-refractivity contribution in [2.24, 2.45) is 11.8 Å². The highest BCUT2D eigenvalue weighted by molar-refractivity contribution is 5.76. The highest BCUT2D eigenvalue weighted by Gasteiger charge is 2.21. The Bertz CT molecular complexity index is 458. The molecule has 4 heteroatoms. The van der Waals surface area contributed by atoms with Gasteiger partial charge in [-0.3, -0.25) is 4.79 Å². The second kappa shape index (κ2) is 8.13. The van der Waals surface area contributed by atoms with Crippen LogP contribution in [0.1, 0.15) is 31.7 Å². The molecule has 1 aliphatic rings. The third-order valence-electron chi connectivity index (χ3n) is 4.32. The molecule has 21 heavy (non-hydrogen) atoms. The van der Waals surface area contributed by atoms with Crippen LogP contribution in [0, 0.1) is 17.7 Å². The van der Waals surface area contributed by atoms with Crippen LogP contribution in [0.5, 0.6) is 0 Å². The van der Waals surface area contributed by atoms with E-state index in [1.165, 1.54) is 12.1 Å². The van der Waals surface area contributed by atoms with Crippen molar-refractivity contribution in [1.82, 2.24) is 10.6 Å². The number of amides is 1. The Balaban J connectivity index is 1.67. The Morgan fingerprint density at radius 3 is 2.90 bits per heavy atom. The summed E-state index contributed by atoms with van der Waals surface area (Å²) < 4.78 is 13.0. The summed E-state index contributed by atoms with van der Waals surface area (Å²) in [4.78, 5) is 12.0. The van der Waals surface area contributed by atoms with Crippen molar-refractivity contribution in [3.05, 3.63) is 35.6 Å². The molecule has 2 N–H and O–H groups in total. The van der Waals surface area contributed by atoms with Gasteiger partial charge < -0.3 is 10.6 Å². The normalized spacial score (nSPS) is 17.4. The number of benzene rings is 1. The summed E-state index contributed by atoms with van der Waals surface area (Å²) in [5.41, 5.74) is 0.918. The third kappa shape index (κ3) is 5.46. The van der Waals surface area contributed by atoms with Crippen LogP contribution in [-0.2, 0) is 11.2 Å². The molecule has 1 saturated heterocycles. The average molecular weight is 292 g/mol. The van der Waals surface area contributed by atoms with Crippen LogP contribution in [0.15, 0.2) is 24.3 Å². The van der Waals surface area contributed by atoms with Crippen molar-refractivity contribution < 1.29 is 9.18 Å². The number of hydrogen-bond acceptors (Lipinski definition) is 2. The lowest BCUT2D eigenvalue weighted by molar-refractivity contribution is -0.122. The van der Waals surface area contributed by atoms with E-state index in [1.54, 1.807) is 6.07 Å². The van der Waals surface area contributed by atoms with E-state index in [0.29, 0.717) is 31.2 Å². The zero-order valence-corrected chi connectivity index (χ0v) is 12.7. The minimum atomic E-state index is -0.224. The summed E-state index contributed by atoms with van der Waals surface area (Å²) in [7, 11) is 0. The maximum Gasteiger partial charge on any atom is 0.220 e. The second-order valence-electron chi connectivity index (χ2n) is 6.00. The number of carbonyl (C=O) groups is 1. The number of hydrogen-bond donors (Lipinski definition) is 2. The molecule has 116 valence electrons. The van der Waals surface area contributed by atoms with Crippen LogP contribution in [0.4, 0.5) is 4.39 Å². The third-order valence-corrected chi connectivity index (χ3v) is 4.32. The Hall–Kier alpha value is -1.42. The molecule has 2 rings (SSSR count). The summed E-state index contributed by atoms with van der Waals surface area (Å²) in [5, 5.41) is 6.29. The van der Waals surface area contributed by atoms with Gasteiger partial charge in [-0.25, -0.2) is 4.39 Å². The molecule has 1 atom stereocenters. The molecular formula is C17H25FN2O. The predicted octanol–water partition coefficient (Wildman–Crippen LogP) is 2.51. The molecule has 1 aromatic carbocycles. The van der Waals surface area contributed by atoms with E-state index in [4.69, 9.17) is 0 Å². The van der Waals surface area contributed by atoms with E-state index < -0.39 is 0 Å². The number of rotatable bonds is 6. The molecule has 1 unspecified atom stereocenters. The molecule has 1 aliphatic heterocycles. The van der Waals surface area contributed by atoms with Gasteiger partial charge in [0.2, 0.25) is 5.91 Å². The van der Waals surface area contributed by atoms with Gasteiger partial charge in [0.25, 0.3) is 0 Å². The molecule has 0 aromatic heterocycles. The first-order valence-corrected chi connectivity index (χ1v) is 7.87. The lowest BCUT2D eigenvalue weighted by atomic mass is 9.84. The number of nitrogens with one attached hydrogen (secondary N) is 2. The Morgan fingerprint density at radius 1 is 1.43 bits per heavy atom. The van der Waals surface area contributed by atoms with E-state index in [2.05, 4.69) is 17.6 Å². The minimum Gasteiger partial charge on any atom is -0.356 e. The highest BCUT2D eigenvalue weighted by Crippen LogP contribution is 2.24. The largest absolute Gasteiger partial charge is 0.356 e. The fourth-order valence-electron chi connectivity index (χ4n) is 2.98. The maximum absolute atomic E-state index is 13.0. The zero-order valence-electron chi connectivity index (χ0n) is 12.7. The molecule has 3 nitrogen and oxygen atoms in total. The van der Waals surface area contributed by atoms with Crippen molar-refractivity contribution in [2.75, 3.05) is 19.6 Å². The van der Waals surface area contributed by atoms with Gasteiger partial charge in [-0.1, -0.05) is 19.1 Å². The van der Waals surface area contributed by atoms with Gasteiger partial charge in [-0.15, -0.1) is 0 Å². The van der Waals surface area contributed by atoms with E-state index in [-0.39, 0.29) is 11.7 Å². The van der Waals surface area contributed by atoms with Crippen LogP contribution in [0.3, 0.4) is 0 Å². The minimum absolute atomic E-state index is 0.109. The summed E-state index contributed by atoms with van der Waals surface area (Å²) >= 11 is 0. The van der Waals surface area contributed by atoms with Crippen LogP contribution in [0.2, 0.25) is 0 Å². The van der Waals surface area contributed by atoms with Crippen LogP contribution >= 0.6 is 0 Å². The smallest absolute Gasteiger partial charge is 0.220 e. The molecule has 0 aliphatic carbocycles. The molecule has 1 amide bonds.